The summed E-state index contributed by atoms with van der Waals surface area (Å²) in [6, 6.07) is 6.69. The highest BCUT2D eigenvalue weighted by Crippen LogP contribution is 2.28. The lowest BCUT2D eigenvalue weighted by Crippen LogP contribution is -2.30. The number of benzene rings is 1. The minimum Gasteiger partial charge on any atom is -0.479 e. The molecule has 0 spiro atoms. The fourth-order valence-electron chi connectivity index (χ4n) is 1.83. The van der Waals surface area contributed by atoms with E-state index in [-0.39, 0.29) is 5.91 Å². The van der Waals surface area contributed by atoms with E-state index < -0.39 is 6.10 Å². The quantitative estimate of drug-likeness (QED) is 0.863. The summed E-state index contributed by atoms with van der Waals surface area (Å²) in [7, 11) is 0. The number of hydrogen-bond acceptors (Lipinski definition) is 3. The molecule has 0 aliphatic rings. The Morgan fingerprint density at radius 3 is 2.60 bits per heavy atom. The molecule has 1 unspecified atom stereocenters. The number of carbonyl (C=O) groups is 1. The second kappa shape index (κ2) is 5.85. The van der Waals surface area contributed by atoms with Crippen molar-refractivity contribution in [1.82, 2.24) is 9.78 Å². The van der Waals surface area contributed by atoms with Crippen molar-refractivity contribution in [3.8, 4) is 5.75 Å². The van der Waals surface area contributed by atoms with Gasteiger partial charge in [-0.3, -0.25) is 4.79 Å². The van der Waals surface area contributed by atoms with E-state index in [4.69, 9.17) is 27.9 Å². The van der Waals surface area contributed by atoms with Crippen LogP contribution in [0.5, 0.6) is 5.75 Å². The lowest BCUT2D eigenvalue weighted by atomic mass is 10.3. The van der Waals surface area contributed by atoms with Crippen molar-refractivity contribution in [2.24, 2.45) is 0 Å². The summed E-state index contributed by atoms with van der Waals surface area (Å²) in [6.07, 6.45) is -0.719. The maximum Gasteiger partial charge on any atom is 0.287 e. The summed E-state index contributed by atoms with van der Waals surface area (Å²) in [5.74, 6) is 0.119. The monoisotopic (exact) mass is 312 g/mol. The highest BCUT2D eigenvalue weighted by atomic mass is 35.5. The number of carbonyl (C=O) groups excluding carboxylic acids is 1. The summed E-state index contributed by atoms with van der Waals surface area (Å²) in [5, 5.41) is 5.04. The Bertz CT molecular complexity index is 653. The van der Waals surface area contributed by atoms with Crippen LogP contribution in [0.15, 0.2) is 24.3 Å². The lowest BCUT2D eigenvalue weighted by molar-refractivity contribution is 0.0707. The molecule has 1 atom stereocenters. The number of halogens is 2. The van der Waals surface area contributed by atoms with Gasteiger partial charge in [-0.2, -0.15) is 5.10 Å². The van der Waals surface area contributed by atoms with Gasteiger partial charge in [0.2, 0.25) is 0 Å². The van der Waals surface area contributed by atoms with Crippen LogP contribution in [0.25, 0.3) is 0 Å². The molecule has 0 aliphatic heterocycles. The van der Waals surface area contributed by atoms with E-state index in [0.717, 1.165) is 11.4 Å². The molecule has 0 bridgehead atoms. The first-order valence-electron chi connectivity index (χ1n) is 6.07. The van der Waals surface area contributed by atoms with Crippen molar-refractivity contribution in [2.45, 2.75) is 26.9 Å². The molecule has 0 aliphatic carbocycles. The Kier molecular flexibility index (Phi) is 4.35. The molecule has 20 heavy (non-hydrogen) atoms. The van der Waals surface area contributed by atoms with Gasteiger partial charge in [0.1, 0.15) is 5.75 Å². The Labute approximate surface area is 127 Å². The van der Waals surface area contributed by atoms with Crippen LogP contribution in [0, 0.1) is 13.8 Å². The number of aryl methyl sites for hydroxylation is 2. The first-order chi connectivity index (χ1) is 9.38. The van der Waals surface area contributed by atoms with Gasteiger partial charge in [0.05, 0.1) is 10.7 Å². The van der Waals surface area contributed by atoms with Crippen LogP contribution in [-0.4, -0.2) is 21.8 Å². The van der Waals surface area contributed by atoms with E-state index in [2.05, 4.69) is 5.10 Å². The molecule has 0 N–H and O–H groups in total. The predicted molar refractivity (Wildman–Crippen MR) is 78.9 cm³/mol. The van der Waals surface area contributed by atoms with Gasteiger partial charge in [-0.1, -0.05) is 23.2 Å². The molecule has 106 valence electrons. The Hall–Kier alpha value is -1.52. The van der Waals surface area contributed by atoms with E-state index in [9.17, 15) is 4.79 Å². The zero-order valence-corrected chi connectivity index (χ0v) is 12.9. The third-order valence-corrected chi connectivity index (χ3v) is 3.31. The first kappa shape index (κ1) is 14.9. The van der Waals surface area contributed by atoms with E-state index in [0.29, 0.717) is 15.8 Å². The molecule has 2 aromatic rings. The fraction of sp³-hybridized carbons (Fsp3) is 0.286. The minimum absolute atomic E-state index is 0.258. The molecule has 4 nitrogen and oxygen atoms in total. The van der Waals surface area contributed by atoms with Crippen molar-refractivity contribution in [2.75, 3.05) is 0 Å². The van der Waals surface area contributed by atoms with Gasteiger partial charge < -0.3 is 4.74 Å². The Balaban J connectivity index is 2.19. The van der Waals surface area contributed by atoms with E-state index in [1.165, 1.54) is 4.68 Å². The topological polar surface area (TPSA) is 44.1 Å². The van der Waals surface area contributed by atoms with Gasteiger partial charge in [-0.25, -0.2) is 4.68 Å². The van der Waals surface area contributed by atoms with Gasteiger partial charge in [0.15, 0.2) is 6.10 Å². The molecular formula is C14H14Cl2N2O2. The van der Waals surface area contributed by atoms with E-state index in [1.807, 2.05) is 19.9 Å². The molecule has 0 saturated heterocycles. The van der Waals surface area contributed by atoms with E-state index in [1.54, 1.807) is 25.1 Å². The number of nitrogens with zero attached hydrogens (tertiary/aromatic N) is 2. The average molecular weight is 313 g/mol. The van der Waals surface area contributed by atoms with Crippen molar-refractivity contribution >= 4 is 29.1 Å². The summed E-state index contributed by atoms with van der Waals surface area (Å²) in [4.78, 5) is 12.3. The molecule has 6 heteroatoms. The average Bonchev–Trinajstić information content (AvgIpc) is 2.72. The van der Waals surface area contributed by atoms with Gasteiger partial charge >= 0.3 is 0 Å². The molecule has 0 fully saturated rings. The zero-order chi connectivity index (χ0) is 14.9. The van der Waals surface area contributed by atoms with Crippen LogP contribution in [0.4, 0.5) is 0 Å². The molecule has 1 heterocycles. The van der Waals surface area contributed by atoms with Crippen molar-refractivity contribution < 1.29 is 9.53 Å². The van der Waals surface area contributed by atoms with Crippen LogP contribution in [-0.2, 0) is 0 Å². The summed E-state index contributed by atoms with van der Waals surface area (Å²) >= 11 is 11.9. The minimum atomic E-state index is -0.719. The predicted octanol–water partition coefficient (Wildman–Crippen LogP) is 3.91. The number of aromatic nitrogens is 2. The molecular weight excluding hydrogens is 299 g/mol. The summed E-state index contributed by atoms with van der Waals surface area (Å²) < 4.78 is 6.91. The van der Waals surface area contributed by atoms with Crippen LogP contribution >= 0.6 is 23.2 Å². The smallest absolute Gasteiger partial charge is 0.287 e. The molecule has 1 aromatic carbocycles. The zero-order valence-electron chi connectivity index (χ0n) is 11.4. The number of hydrogen-bond donors (Lipinski definition) is 0. The van der Waals surface area contributed by atoms with Crippen molar-refractivity contribution in [3.05, 3.63) is 45.7 Å². The van der Waals surface area contributed by atoms with Crippen LogP contribution in [0.2, 0.25) is 10.0 Å². The first-order valence-corrected chi connectivity index (χ1v) is 6.83. The van der Waals surface area contributed by atoms with Crippen LogP contribution < -0.4 is 4.74 Å². The molecule has 0 amide bonds. The van der Waals surface area contributed by atoms with Gasteiger partial charge in [-0.15, -0.1) is 0 Å². The largest absolute Gasteiger partial charge is 0.479 e. The third kappa shape index (κ3) is 3.14. The third-order valence-electron chi connectivity index (χ3n) is 2.76. The molecule has 0 saturated carbocycles. The number of ether oxygens (including phenoxy) is 1. The molecule has 1 aromatic heterocycles. The van der Waals surface area contributed by atoms with Gasteiger partial charge in [-0.05, 0) is 39.0 Å². The summed E-state index contributed by atoms with van der Waals surface area (Å²) in [6.45, 7) is 5.29. The van der Waals surface area contributed by atoms with E-state index >= 15 is 0 Å². The maximum absolute atomic E-state index is 12.3. The van der Waals surface area contributed by atoms with Crippen molar-refractivity contribution in [1.29, 1.82) is 0 Å². The summed E-state index contributed by atoms with van der Waals surface area (Å²) in [5.41, 5.74) is 1.55. The van der Waals surface area contributed by atoms with Gasteiger partial charge in [0, 0.05) is 16.8 Å². The molecule has 2 rings (SSSR count). The molecule has 0 radical (unpaired) electrons. The lowest BCUT2D eigenvalue weighted by Gasteiger charge is -2.15. The highest BCUT2D eigenvalue weighted by molar-refractivity contribution is 6.34. The second-order valence-electron chi connectivity index (χ2n) is 4.51. The standard InChI is InChI=1S/C14H14Cl2N2O2/c1-8-6-9(2)18(17-8)14(19)10(3)20-13-7-11(15)4-5-12(13)16/h4-7,10H,1-3H3. The van der Waals surface area contributed by atoms with Gasteiger partial charge in [0.25, 0.3) is 5.91 Å². The van der Waals surface area contributed by atoms with Crippen molar-refractivity contribution in [3.63, 3.8) is 0 Å². The number of rotatable bonds is 3. The van der Waals surface area contributed by atoms with Crippen LogP contribution in [0.3, 0.4) is 0 Å². The fourth-order valence-corrected chi connectivity index (χ4v) is 2.16. The second-order valence-corrected chi connectivity index (χ2v) is 5.36. The normalized spacial score (nSPS) is 12.2. The Morgan fingerprint density at radius 1 is 1.30 bits per heavy atom. The maximum atomic E-state index is 12.3. The highest BCUT2D eigenvalue weighted by Gasteiger charge is 2.20. The SMILES string of the molecule is Cc1cc(C)n(C(=O)C(C)Oc2cc(Cl)ccc2Cl)n1. The Morgan fingerprint density at radius 2 is 2.00 bits per heavy atom. The van der Waals surface area contributed by atoms with Crippen LogP contribution in [0.1, 0.15) is 23.1 Å².